The molecule has 2 aromatic rings. The van der Waals surface area contributed by atoms with Crippen LogP contribution >= 0.6 is 0 Å². The van der Waals surface area contributed by atoms with E-state index in [9.17, 15) is 9.59 Å². The monoisotopic (exact) mass is 393 g/mol. The van der Waals surface area contributed by atoms with E-state index >= 15 is 0 Å². The number of hydrogen-bond donors (Lipinski definition) is 0. The number of nitrogens with zero attached hydrogens (tertiary/aromatic N) is 3. The minimum Gasteiger partial charge on any atom is -0.347 e. The molecule has 1 fully saturated rings. The summed E-state index contributed by atoms with van der Waals surface area (Å²) in [5.74, 6) is 0.585. The molecule has 5 heteroatoms. The minimum atomic E-state index is -0.311. The zero-order valence-electron chi connectivity index (χ0n) is 17.8. The van der Waals surface area contributed by atoms with Gasteiger partial charge in [0.15, 0.2) is 0 Å². The van der Waals surface area contributed by atoms with Crippen molar-refractivity contribution in [3.8, 4) is 0 Å². The number of piperazine rings is 1. The Kier molecular flexibility index (Phi) is 6.70. The molecule has 29 heavy (non-hydrogen) atoms. The van der Waals surface area contributed by atoms with Crippen LogP contribution in [0.4, 0.5) is 0 Å². The molecule has 0 aliphatic carbocycles. The van der Waals surface area contributed by atoms with Crippen molar-refractivity contribution >= 4 is 11.8 Å². The molecule has 1 aliphatic heterocycles. The van der Waals surface area contributed by atoms with Crippen LogP contribution in [-0.4, -0.2) is 66.8 Å². The second-order valence-corrected chi connectivity index (χ2v) is 8.15. The highest BCUT2D eigenvalue weighted by Gasteiger charge is 2.32. The molecule has 1 heterocycles. The normalized spacial score (nSPS) is 16.0. The van der Waals surface area contributed by atoms with Crippen molar-refractivity contribution in [2.24, 2.45) is 0 Å². The van der Waals surface area contributed by atoms with Gasteiger partial charge >= 0.3 is 0 Å². The van der Waals surface area contributed by atoms with Crippen LogP contribution in [0.2, 0.25) is 0 Å². The summed E-state index contributed by atoms with van der Waals surface area (Å²) >= 11 is 0. The molecule has 0 spiro atoms. The fraction of sp³-hybridized carbons (Fsp3) is 0.417. The van der Waals surface area contributed by atoms with Crippen molar-refractivity contribution in [1.29, 1.82) is 0 Å². The van der Waals surface area contributed by atoms with Crippen molar-refractivity contribution < 1.29 is 9.59 Å². The third kappa shape index (κ3) is 4.85. The Balaban J connectivity index is 1.69. The summed E-state index contributed by atoms with van der Waals surface area (Å²) in [6.07, 6.45) is 0. The van der Waals surface area contributed by atoms with Crippen LogP contribution in [0.25, 0.3) is 0 Å². The van der Waals surface area contributed by atoms with Gasteiger partial charge in [-0.15, -0.1) is 0 Å². The Hall–Kier alpha value is -2.66. The lowest BCUT2D eigenvalue weighted by atomic mass is 10.0. The van der Waals surface area contributed by atoms with Crippen LogP contribution in [0.1, 0.15) is 47.3 Å². The maximum Gasteiger partial charge on any atom is 0.253 e. The number of benzene rings is 2. The van der Waals surface area contributed by atoms with Crippen molar-refractivity contribution in [2.75, 3.05) is 40.3 Å². The lowest BCUT2D eigenvalue weighted by molar-refractivity contribution is -0.135. The number of likely N-dealkylation sites (N-methyl/N-ethyl adjacent to an activating group) is 1. The lowest BCUT2D eigenvalue weighted by Gasteiger charge is -2.39. The average molecular weight is 394 g/mol. The molecule has 0 aromatic heterocycles. The maximum atomic E-state index is 12.9. The van der Waals surface area contributed by atoms with Crippen LogP contribution in [0.5, 0.6) is 0 Å². The molecule has 1 atom stereocenters. The predicted molar refractivity (Wildman–Crippen MR) is 116 cm³/mol. The van der Waals surface area contributed by atoms with Gasteiger partial charge in [0.1, 0.15) is 6.04 Å². The summed E-state index contributed by atoms with van der Waals surface area (Å²) in [7, 11) is 3.58. The van der Waals surface area contributed by atoms with Gasteiger partial charge in [0.25, 0.3) is 5.91 Å². The predicted octanol–water partition coefficient (Wildman–Crippen LogP) is 3.40. The standard InChI is InChI=1S/C24H31N3O2/c1-18(2)19-10-12-21(13-11-19)23(28)27-16-14-26(15-17-27)22(24(29)25(3)4)20-8-6-5-7-9-20/h5-13,18,22H,14-17H2,1-4H3. The smallest absolute Gasteiger partial charge is 0.253 e. The van der Waals surface area contributed by atoms with E-state index in [1.165, 1.54) is 5.56 Å². The number of amides is 2. The minimum absolute atomic E-state index is 0.0650. The summed E-state index contributed by atoms with van der Waals surface area (Å²) < 4.78 is 0. The Morgan fingerprint density at radius 1 is 0.828 bits per heavy atom. The lowest BCUT2D eigenvalue weighted by Crippen LogP contribution is -2.52. The van der Waals surface area contributed by atoms with Gasteiger partial charge < -0.3 is 9.80 Å². The molecule has 1 aliphatic rings. The van der Waals surface area contributed by atoms with E-state index in [1.807, 2.05) is 59.5 Å². The number of carbonyl (C=O) groups excluding carboxylic acids is 2. The van der Waals surface area contributed by atoms with Gasteiger partial charge in [0.2, 0.25) is 5.91 Å². The fourth-order valence-corrected chi connectivity index (χ4v) is 3.77. The zero-order chi connectivity index (χ0) is 21.0. The van der Waals surface area contributed by atoms with Gasteiger partial charge in [-0.1, -0.05) is 56.3 Å². The first-order valence-electron chi connectivity index (χ1n) is 10.3. The molecule has 0 N–H and O–H groups in total. The van der Waals surface area contributed by atoms with Crippen LogP contribution in [-0.2, 0) is 4.79 Å². The highest BCUT2D eigenvalue weighted by atomic mass is 16.2. The first-order chi connectivity index (χ1) is 13.9. The molecule has 2 amide bonds. The van der Waals surface area contributed by atoms with E-state index in [4.69, 9.17) is 0 Å². The molecular weight excluding hydrogens is 362 g/mol. The molecule has 0 saturated carbocycles. The van der Waals surface area contributed by atoms with Crippen LogP contribution in [0.3, 0.4) is 0 Å². The topological polar surface area (TPSA) is 43.9 Å². The Morgan fingerprint density at radius 2 is 1.41 bits per heavy atom. The highest BCUT2D eigenvalue weighted by Crippen LogP contribution is 2.24. The average Bonchev–Trinajstić information content (AvgIpc) is 2.74. The van der Waals surface area contributed by atoms with E-state index in [1.54, 1.807) is 19.0 Å². The van der Waals surface area contributed by atoms with Crippen LogP contribution in [0, 0.1) is 0 Å². The van der Waals surface area contributed by atoms with Gasteiger partial charge in [-0.3, -0.25) is 14.5 Å². The van der Waals surface area contributed by atoms with E-state index in [-0.39, 0.29) is 17.9 Å². The van der Waals surface area contributed by atoms with Gasteiger partial charge in [-0.2, -0.15) is 0 Å². The summed E-state index contributed by atoms with van der Waals surface area (Å²) in [6.45, 7) is 6.88. The summed E-state index contributed by atoms with van der Waals surface area (Å²) in [6, 6.07) is 17.5. The summed E-state index contributed by atoms with van der Waals surface area (Å²) in [5.41, 5.74) is 2.96. The summed E-state index contributed by atoms with van der Waals surface area (Å²) in [5, 5.41) is 0. The van der Waals surface area contributed by atoms with E-state index in [0.717, 1.165) is 11.1 Å². The number of rotatable bonds is 5. The molecule has 5 nitrogen and oxygen atoms in total. The van der Waals surface area contributed by atoms with Gasteiger partial charge in [-0.05, 0) is 29.2 Å². The third-order valence-corrected chi connectivity index (χ3v) is 5.58. The van der Waals surface area contributed by atoms with Gasteiger partial charge in [0, 0.05) is 45.8 Å². The molecule has 0 bridgehead atoms. The van der Waals surface area contributed by atoms with Gasteiger partial charge in [0.05, 0.1) is 0 Å². The maximum absolute atomic E-state index is 12.9. The Bertz CT molecular complexity index is 823. The molecular formula is C24H31N3O2. The first kappa shape index (κ1) is 21.1. The van der Waals surface area contributed by atoms with Crippen molar-refractivity contribution in [3.63, 3.8) is 0 Å². The Labute approximate surface area is 173 Å². The molecule has 2 aromatic carbocycles. The van der Waals surface area contributed by atoms with Crippen molar-refractivity contribution in [3.05, 3.63) is 71.3 Å². The number of hydrogen-bond acceptors (Lipinski definition) is 3. The van der Waals surface area contributed by atoms with E-state index < -0.39 is 0 Å². The van der Waals surface area contributed by atoms with Crippen molar-refractivity contribution in [2.45, 2.75) is 25.8 Å². The molecule has 1 unspecified atom stereocenters. The highest BCUT2D eigenvalue weighted by molar-refractivity contribution is 5.94. The Morgan fingerprint density at radius 3 is 1.93 bits per heavy atom. The number of carbonyl (C=O) groups is 2. The van der Waals surface area contributed by atoms with Crippen LogP contribution in [0.15, 0.2) is 54.6 Å². The molecule has 154 valence electrons. The second kappa shape index (κ2) is 9.23. The SMILES string of the molecule is CC(C)c1ccc(C(=O)N2CCN(C(C(=O)N(C)C)c3ccccc3)CC2)cc1. The summed E-state index contributed by atoms with van der Waals surface area (Å²) in [4.78, 5) is 31.5. The molecule has 0 radical (unpaired) electrons. The van der Waals surface area contributed by atoms with Gasteiger partial charge in [-0.25, -0.2) is 0 Å². The largest absolute Gasteiger partial charge is 0.347 e. The first-order valence-corrected chi connectivity index (χ1v) is 10.3. The third-order valence-electron chi connectivity index (χ3n) is 5.58. The fourth-order valence-electron chi connectivity index (χ4n) is 3.77. The van der Waals surface area contributed by atoms with Crippen LogP contribution < -0.4 is 0 Å². The van der Waals surface area contributed by atoms with E-state index in [0.29, 0.717) is 32.1 Å². The molecule has 1 saturated heterocycles. The van der Waals surface area contributed by atoms with Crippen molar-refractivity contribution in [1.82, 2.24) is 14.7 Å². The second-order valence-electron chi connectivity index (χ2n) is 8.15. The quantitative estimate of drug-likeness (QED) is 0.782. The molecule has 3 rings (SSSR count). The zero-order valence-corrected chi connectivity index (χ0v) is 17.8. The van der Waals surface area contributed by atoms with E-state index in [2.05, 4.69) is 18.7 Å².